The summed E-state index contributed by atoms with van der Waals surface area (Å²) in [5, 5.41) is 4.55. The van der Waals surface area contributed by atoms with E-state index in [0.717, 1.165) is 11.2 Å². The van der Waals surface area contributed by atoms with Crippen molar-refractivity contribution in [2.24, 2.45) is 5.10 Å². The summed E-state index contributed by atoms with van der Waals surface area (Å²) in [6.45, 7) is 0. The third-order valence-electron chi connectivity index (χ3n) is 2.99. The van der Waals surface area contributed by atoms with Crippen LogP contribution in [0.4, 0.5) is 4.39 Å². The van der Waals surface area contributed by atoms with Crippen molar-refractivity contribution in [3.05, 3.63) is 71.0 Å². The van der Waals surface area contributed by atoms with Gasteiger partial charge in [-0.15, -0.1) is 0 Å². The fourth-order valence-corrected chi connectivity index (χ4v) is 1.98. The molecule has 1 aliphatic heterocycles. The van der Waals surface area contributed by atoms with Crippen LogP contribution in [0.5, 0.6) is 0 Å². The average molecular weight is 268 g/mol. The van der Waals surface area contributed by atoms with Gasteiger partial charge in [-0.3, -0.25) is 9.59 Å². The summed E-state index contributed by atoms with van der Waals surface area (Å²) in [6, 6.07) is 12.5. The maximum atomic E-state index is 13.4. The van der Waals surface area contributed by atoms with Gasteiger partial charge in [-0.1, -0.05) is 30.3 Å². The lowest BCUT2D eigenvalue weighted by molar-refractivity contribution is 0.0660. The number of halogens is 1. The van der Waals surface area contributed by atoms with Crippen LogP contribution >= 0.6 is 0 Å². The van der Waals surface area contributed by atoms with E-state index >= 15 is 0 Å². The van der Waals surface area contributed by atoms with E-state index in [0.29, 0.717) is 11.1 Å². The number of fused-ring (bicyclic) bond motifs is 1. The molecule has 0 saturated carbocycles. The molecule has 0 radical (unpaired) electrons. The quantitative estimate of drug-likeness (QED) is 0.620. The van der Waals surface area contributed by atoms with E-state index in [9.17, 15) is 14.0 Å². The van der Waals surface area contributed by atoms with E-state index in [4.69, 9.17) is 0 Å². The summed E-state index contributed by atoms with van der Waals surface area (Å²) < 4.78 is 13.4. The molecule has 4 nitrogen and oxygen atoms in total. The lowest BCUT2D eigenvalue weighted by Crippen LogP contribution is -2.24. The molecule has 0 bridgehead atoms. The number of imide groups is 1. The summed E-state index contributed by atoms with van der Waals surface area (Å²) in [4.78, 5) is 24.0. The first-order valence-corrected chi connectivity index (χ1v) is 5.95. The largest absolute Gasteiger partial charge is 0.282 e. The van der Waals surface area contributed by atoms with Gasteiger partial charge in [0.15, 0.2) is 0 Å². The highest BCUT2D eigenvalue weighted by Crippen LogP contribution is 2.22. The van der Waals surface area contributed by atoms with E-state index in [2.05, 4.69) is 5.10 Å². The van der Waals surface area contributed by atoms with Gasteiger partial charge in [0.05, 0.1) is 17.3 Å². The van der Waals surface area contributed by atoms with Crippen molar-refractivity contribution in [2.75, 3.05) is 0 Å². The van der Waals surface area contributed by atoms with Gasteiger partial charge in [-0.25, -0.2) is 4.39 Å². The van der Waals surface area contributed by atoms with Crippen molar-refractivity contribution in [3.63, 3.8) is 0 Å². The minimum absolute atomic E-state index is 0.212. The predicted octanol–water partition coefficient (Wildman–Crippen LogP) is 2.46. The molecule has 0 saturated heterocycles. The van der Waals surface area contributed by atoms with Crippen LogP contribution in [-0.2, 0) is 0 Å². The minimum Gasteiger partial charge on any atom is -0.267 e. The minimum atomic E-state index is -0.502. The molecule has 5 heteroatoms. The molecule has 0 aromatic heterocycles. The molecule has 0 atom stereocenters. The van der Waals surface area contributed by atoms with Crippen LogP contribution in [0.25, 0.3) is 0 Å². The first kappa shape index (κ1) is 12.2. The Labute approximate surface area is 114 Å². The Morgan fingerprint density at radius 3 is 2.05 bits per heavy atom. The summed E-state index contributed by atoms with van der Waals surface area (Å²) >= 11 is 0. The molecule has 1 aliphatic rings. The number of benzene rings is 2. The number of rotatable bonds is 2. The zero-order chi connectivity index (χ0) is 14.1. The first-order valence-electron chi connectivity index (χ1n) is 5.95. The smallest absolute Gasteiger partial charge is 0.267 e. The first-order chi connectivity index (χ1) is 9.68. The average Bonchev–Trinajstić information content (AvgIpc) is 2.71. The Hall–Kier alpha value is -2.82. The highest BCUT2D eigenvalue weighted by atomic mass is 19.1. The van der Waals surface area contributed by atoms with Gasteiger partial charge in [-0.05, 0) is 18.2 Å². The molecule has 2 aromatic rings. The van der Waals surface area contributed by atoms with E-state index < -0.39 is 17.6 Å². The lowest BCUT2D eigenvalue weighted by atomic mass is 10.1. The van der Waals surface area contributed by atoms with Crippen molar-refractivity contribution in [1.82, 2.24) is 5.01 Å². The summed E-state index contributed by atoms with van der Waals surface area (Å²) in [6.07, 6.45) is 1.16. The normalized spacial score (nSPS) is 14.2. The second-order valence-corrected chi connectivity index (χ2v) is 4.23. The molecular weight excluding hydrogens is 259 g/mol. The number of hydrogen-bond donors (Lipinski definition) is 0. The molecule has 2 amide bonds. The van der Waals surface area contributed by atoms with Crippen LogP contribution in [0, 0.1) is 5.82 Å². The predicted molar refractivity (Wildman–Crippen MR) is 70.9 cm³/mol. The number of carbonyl (C=O) groups excluding carboxylic acids is 2. The maximum Gasteiger partial charge on any atom is 0.282 e. The van der Waals surface area contributed by atoms with Gasteiger partial charge >= 0.3 is 0 Å². The second kappa shape index (κ2) is 4.70. The molecule has 0 N–H and O–H groups in total. The Kier molecular flexibility index (Phi) is 2.87. The summed E-state index contributed by atoms with van der Waals surface area (Å²) in [5.74, 6) is -1.47. The van der Waals surface area contributed by atoms with Gasteiger partial charge in [0, 0.05) is 5.56 Å². The van der Waals surface area contributed by atoms with Crippen LogP contribution in [0.15, 0.2) is 53.6 Å². The standard InChI is InChI=1S/C15H9FN2O2/c16-13-8-4-1-5-10(13)9-17-18-14(19)11-6-2-3-7-12(11)15(18)20/h1-9H/b17-9+. The molecule has 0 unspecified atom stereocenters. The molecule has 1 heterocycles. The van der Waals surface area contributed by atoms with Crippen molar-refractivity contribution >= 4 is 18.0 Å². The second-order valence-electron chi connectivity index (χ2n) is 4.23. The van der Waals surface area contributed by atoms with Crippen molar-refractivity contribution in [3.8, 4) is 0 Å². The van der Waals surface area contributed by atoms with Crippen molar-refractivity contribution < 1.29 is 14.0 Å². The third-order valence-corrected chi connectivity index (χ3v) is 2.99. The van der Waals surface area contributed by atoms with E-state index in [-0.39, 0.29) is 5.56 Å². The molecule has 20 heavy (non-hydrogen) atoms. The van der Waals surface area contributed by atoms with Crippen LogP contribution in [0.2, 0.25) is 0 Å². The summed E-state index contributed by atoms with van der Waals surface area (Å²) in [5.41, 5.74) is 0.829. The van der Waals surface area contributed by atoms with Gasteiger partial charge < -0.3 is 0 Å². The van der Waals surface area contributed by atoms with Crippen LogP contribution in [-0.4, -0.2) is 23.0 Å². The van der Waals surface area contributed by atoms with E-state index in [1.54, 1.807) is 36.4 Å². The molecule has 0 fully saturated rings. The summed E-state index contributed by atoms with van der Waals surface area (Å²) in [7, 11) is 0. The maximum absolute atomic E-state index is 13.4. The molecule has 3 rings (SSSR count). The Balaban J connectivity index is 1.93. The third kappa shape index (κ3) is 1.89. The fourth-order valence-electron chi connectivity index (χ4n) is 1.98. The van der Waals surface area contributed by atoms with Crippen molar-refractivity contribution in [1.29, 1.82) is 0 Å². The Morgan fingerprint density at radius 2 is 1.45 bits per heavy atom. The topological polar surface area (TPSA) is 49.7 Å². The van der Waals surface area contributed by atoms with Gasteiger partial charge in [-0.2, -0.15) is 10.1 Å². The molecular formula is C15H9FN2O2. The molecule has 2 aromatic carbocycles. The Bertz CT molecular complexity index is 705. The van der Waals surface area contributed by atoms with E-state index in [1.807, 2.05) is 0 Å². The highest BCUT2D eigenvalue weighted by Gasteiger charge is 2.35. The molecule has 0 spiro atoms. The van der Waals surface area contributed by atoms with Gasteiger partial charge in [0.2, 0.25) is 0 Å². The molecule has 0 aliphatic carbocycles. The van der Waals surface area contributed by atoms with Crippen LogP contribution in [0.1, 0.15) is 26.3 Å². The van der Waals surface area contributed by atoms with E-state index in [1.165, 1.54) is 12.1 Å². The van der Waals surface area contributed by atoms with Crippen molar-refractivity contribution in [2.45, 2.75) is 0 Å². The SMILES string of the molecule is O=C1c2ccccc2C(=O)N1/N=C/c1ccccc1F. The van der Waals surface area contributed by atoms with Gasteiger partial charge in [0.1, 0.15) is 5.82 Å². The zero-order valence-electron chi connectivity index (χ0n) is 10.3. The zero-order valence-corrected chi connectivity index (χ0v) is 10.3. The number of amides is 2. The Morgan fingerprint density at radius 1 is 0.900 bits per heavy atom. The van der Waals surface area contributed by atoms with Crippen LogP contribution < -0.4 is 0 Å². The monoisotopic (exact) mass is 268 g/mol. The number of carbonyl (C=O) groups is 2. The van der Waals surface area contributed by atoms with Crippen LogP contribution in [0.3, 0.4) is 0 Å². The lowest BCUT2D eigenvalue weighted by Gasteiger charge is -2.05. The number of hydrogen-bond acceptors (Lipinski definition) is 3. The number of hydrazone groups is 1. The highest BCUT2D eigenvalue weighted by molar-refractivity contribution is 6.21. The fraction of sp³-hybridized carbons (Fsp3) is 0. The van der Waals surface area contributed by atoms with Gasteiger partial charge in [0.25, 0.3) is 11.8 Å². The molecule has 98 valence electrons. The number of nitrogens with zero attached hydrogens (tertiary/aromatic N) is 2.